The van der Waals surface area contributed by atoms with Crippen molar-refractivity contribution in [3.8, 4) is 17.2 Å². The van der Waals surface area contributed by atoms with E-state index in [0.717, 1.165) is 0 Å². The molecule has 0 aliphatic carbocycles. The van der Waals surface area contributed by atoms with Crippen LogP contribution in [-0.2, 0) is 0 Å². The Kier molecular flexibility index (Phi) is 6.89. The molecule has 2 aromatic carbocycles. The van der Waals surface area contributed by atoms with E-state index < -0.39 is 0 Å². The number of benzene rings is 2. The molecule has 132 valence electrons. The molecule has 0 heterocycles. The van der Waals surface area contributed by atoms with Crippen LogP contribution >= 0.6 is 0 Å². The fourth-order valence-corrected chi connectivity index (χ4v) is 2.21. The minimum absolute atomic E-state index is 0.244. The van der Waals surface area contributed by atoms with E-state index >= 15 is 0 Å². The summed E-state index contributed by atoms with van der Waals surface area (Å²) in [6.07, 6.45) is 1.68. The Bertz CT molecular complexity index is 710. The Morgan fingerprint density at radius 2 is 1.68 bits per heavy atom. The summed E-state index contributed by atoms with van der Waals surface area (Å²) >= 11 is 0. The first-order valence-corrected chi connectivity index (χ1v) is 8.22. The monoisotopic (exact) mass is 341 g/mol. The summed E-state index contributed by atoms with van der Waals surface area (Å²) in [5, 5.41) is 2.86. The van der Waals surface area contributed by atoms with Crippen LogP contribution < -0.4 is 19.5 Å². The van der Waals surface area contributed by atoms with Crippen LogP contribution in [0.3, 0.4) is 0 Å². The second kappa shape index (κ2) is 9.37. The highest BCUT2D eigenvalue weighted by molar-refractivity contribution is 6.06. The molecule has 0 saturated carbocycles. The molecule has 2 rings (SSSR count). The topological polar surface area (TPSA) is 56.8 Å². The van der Waals surface area contributed by atoms with Crippen molar-refractivity contribution in [3.05, 3.63) is 60.7 Å². The summed E-state index contributed by atoms with van der Waals surface area (Å²) in [7, 11) is 0. The second-order valence-electron chi connectivity index (χ2n) is 5.10. The molecule has 0 unspecified atom stereocenters. The summed E-state index contributed by atoms with van der Waals surface area (Å²) in [6, 6.07) is 12.3. The maximum Gasteiger partial charge on any atom is 0.259 e. The van der Waals surface area contributed by atoms with Gasteiger partial charge in [0.15, 0.2) is 0 Å². The lowest BCUT2D eigenvalue weighted by Gasteiger charge is -2.13. The first-order valence-electron chi connectivity index (χ1n) is 8.22. The van der Waals surface area contributed by atoms with E-state index in [1.165, 1.54) is 0 Å². The molecule has 0 radical (unpaired) electrons. The van der Waals surface area contributed by atoms with E-state index in [2.05, 4.69) is 11.9 Å². The van der Waals surface area contributed by atoms with Crippen LogP contribution in [0.25, 0.3) is 0 Å². The van der Waals surface area contributed by atoms with Gasteiger partial charge in [-0.05, 0) is 50.2 Å². The van der Waals surface area contributed by atoms with Crippen LogP contribution in [0.15, 0.2) is 55.1 Å². The summed E-state index contributed by atoms with van der Waals surface area (Å²) in [6.45, 7) is 8.84. The van der Waals surface area contributed by atoms with Gasteiger partial charge in [0.2, 0.25) is 0 Å². The average molecular weight is 341 g/mol. The lowest BCUT2D eigenvalue weighted by molar-refractivity contribution is 0.102. The third-order valence-electron chi connectivity index (χ3n) is 3.29. The van der Waals surface area contributed by atoms with E-state index in [0.29, 0.717) is 48.3 Å². The Morgan fingerprint density at radius 3 is 2.32 bits per heavy atom. The van der Waals surface area contributed by atoms with Gasteiger partial charge < -0.3 is 19.5 Å². The summed E-state index contributed by atoms with van der Waals surface area (Å²) in [5.74, 6) is 1.64. The standard InChI is InChI=1S/C20H23NO4/c1-4-13-25-16-9-7-15(8-10-16)21-20(22)18-12-11-17(23-5-2)14-19(18)24-6-3/h4,7-12,14H,1,5-6,13H2,2-3H3,(H,21,22). The van der Waals surface area contributed by atoms with Crippen molar-refractivity contribution in [1.29, 1.82) is 0 Å². The predicted molar refractivity (Wildman–Crippen MR) is 98.9 cm³/mol. The average Bonchev–Trinajstić information content (AvgIpc) is 2.62. The fraction of sp³-hybridized carbons (Fsp3) is 0.250. The lowest BCUT2D eigenvalue weighted by Crippen LogP contribution is -2.14. The van der Waals surface area contributed by atoms with Crippen molar-refractivity contribution in [2.45, 2.75) is 13.8 Å². The fourth-order valence-electron chi connectivity index (χ4n) is 2.21. The predicted octanol–water partition coefficient (Wildman–Crippen LogP) is 4.30. The van der Waals surface area contributed by atoms with Gasteiger partial charge in [-0.25, -0.2) is 0 Å². The number of carbonyl (C=O) groups is 1. The molecular weight excluding hydrogens is 318 g/mol. The van der Waals surface area contributed by atoms with Crippen LogP contribution in [0.2, 0.25) is 0 Å². The maximum absolute atomic E-state index is 12.6. The van der Waals surface area contributed by atoms with Crippen molar-refractivity contribution >= 4 is 11.6 Å². The number of rotatable bonds is 9. The minimum atomic E-state index is -0.244. The number of carbonyl (C=O) groups excluding carboxylic acids is 1. The van der Waals surface area contributed by atoms with Crippen molar-refractivity contribution in [2.24, 2.45) is 0 Å². The van der Waals surface area contributed by atoms with Gasteiger partial charge >= 0.3 is 0 Å². The number of anilines is 1. The zero-order valence-electron chi connectivity index (χ0n) is 14.6. The normalized spacial score (nSPS) is 10.0. The number of hydrogen-bond acceptors (Lipinski definition) is 4. The van der Waals surface area contributed by atoms with Gasteiger partial charge in [0.25, 0.3) is 5.91 Å². The van der Waals surface area contributed by atoms with Gasteiger partial charge in [-0.1, -0.05) is 12.7 Å². The number of amides is 1. The first-order chi connectivity index (χ1) is 12.2. The van der Waals surface area contributed by atoms with Crippen molar-refractivity contribution in [3.63, 3.8) is 0 Å². The van der Waals surface area contributed by atoms with Gasteiger partial charge in [-0.3, -0.25) is 4.79 Å². The second-order valence-corrected chi connectivity index (χ2v) is 5.10. The summed E-state index contributed by atoms with van der Waals surface area (Å²) < 4.78 is 16.5. The van der Waals surface area contributed by atoms with E-state index in [9.17, 15) is 4.79 Å². The molecular formula is C20H23NO4. The smallest absolute Gasteiger partial charge is 0.259 e. The molecule has 0 saturated heterocycles. The number of ether oxygens (including phenoxy) is 3. The van der Waals surface area contributed by atoms with E-state index in [4.69, 9.17) is 14.2 Å². The largest absolute Gasteiger partial charge is 0.494 e. The summed E-state index contributed by atoms with van der Waals surface area (Å²) in [4.78, 5) is 12.6. The van der Waals surface area contributed by atoms with Gasteiger partial charge in [0.1, 0.15) is 23.9 Å². The van der Waals surface area contributed by atoms with E-state index in [-0.39, 0.29) is 5.91 Å². The Morgan fingerprint density at radius 1 is 1.00 bits per heavy atom. The van der Waals surface area contributed by atoms with Gasteiger partial charge in [-0.2, -0.15) is 0 Å². The highest BCUT2D eigenvalue weighted by atomic mass is 16.5. The molecule has 5 heteroatoms. The number of nitrogens with one attached hydrogen (secondary N) is 1. The van der Waals surface area contributed by atoms with Gasteiger partial charge in [0.05, 0.1) is 18.8 Å². The molecule has 0 aromatic heterocycles. The highest BCUT2D eigenvalue weighted by Gasteiger charge is 2.14. The molecule has 1 amide bonds. The zero-order chi connectivity index (χ0) is 18.1. The third-order valence-corrected chi connectivity index (χ3v) is 3.29. The van der Waals surface area contributed by atoms with Crippen molar-refractivity contribution in [2.75, 3.05) is 25.1 Å². The van der Waals surface area contributed by atoms with Crippen LogP contribution in [0.4, 0.5) is 5.69 Å². The lowest BCUT2D eigenvalue weighted by atomic mass is 10.1. The molecule has 5 nitrogen and oxygen atoms in total. The molecule has 0 atom stereocenters. The van der Waals surface area contributed by atoms with E-state index in [1.807, 2.05) is 13.8 Å². The molecule has 2 aromatic rings. The Hall–Kier alpha value is -2.95. The molecule has 0 fully saturated rings. The number of hydrogen-bond donors (Lipinski definition) is 1. The maximum atomic E-state index is 12.6. The molecule has 1 N–H and O–H groups in total. The first kappa shape index (κ1) is 18.4. The van der Waals surface area contributed by atoms with Crippen LogP contribution in [-0.4, -0.2) is 25.7 Å². The third kappa shape index (κ3) is 5.28. The Labute approximate surface area is 148 Å². The van der Waals surface area contributed by atoms with Crippen LogP contribution in [0.1, 0.15) is 24.2 Å². The molecule has 25 heavy (non-hydrogen) atoms. The highest BCUT2D eigenvalue weighted by Crippen LogP contribution is 2.26. The van der Waals surface area contributed by atoms with Gasteiger partial charge in [0, 0.05) is 11.8 Å². The summed E-state index contributed by atoms with van der Waals surface area (Å²) in [5.41, 5.74) is 1.13. The molecule has 0 aliphatic rings. The van der Waals surface area contributed by atoms with Crippen molar-refractivity contribution in [1.82, 2.24) is 0 Å². The van der Waals surface area contributed by atoms with Gasteiger partial charge in [-0.15, -0.1) is 0 Å². The minimum Gasteiger partial charge on any atom is -0.494 e. The SMILES string of the molecule is C=CCOc1ccc(NC(=O)c2ccc(OCC)cc2OCC)cc1. The molecule has 0 spiro atoms. The zero-order valence-corrected chi connectivity index (χ0v) is 14.6. The molecule has 0 aliphatic heterocycles. The Balaban J connectivity index is 2.12. The van der Waals surface area contributed by atoms with Crippen LogP contribution in [0.5, 0.6) is 17.2 Å². The van der Waals surface area contributed by atoms with Crippen molar-refractivity contribution < 1.29 is 19.0 Å². The van der Waals surface area contributed by atoms with Crippen LogP contribution in [0, 0.1) is 0 Å². The van der Waals surface area contributed by atoms with E-state index in [1.54, 1.807) is 48.5 Å². The quantitative estimate of drug-likeness (QED) is 0.691. The molecule has 0 bridgehead atoms.